The van der Waals surface area contributed by atoms with Gasteiger partial charge < -0.3 is 10.2 Å². The molecule has 0 aliphatic heterocycles. The first-order valence-electron chi connectivity index (χ1n) is 7.99. The highest BCUT2D eigenvalue weighted by Crippen LogP contribution is 2.16. The van der Waals surface area contributed by atoms with Crippen molar-refractivity contribution in [3.8, 4) is 0 Å². The number of anilines is 1. The number of benzene rings is 1. The second-order valence-corrected chi connectivity index (χ2v) is 6.66. The van der Waals surface area contributed by atoms with Crippen molar-refractivity contribution in [2.75, 3.05) is 24.5 Å². The van der Waals surface area contributed by atoms with Crippen molar-refractivity contribution in [2.24, 2.45) is 0 Å². The summed E-state index contributed by atoms with van der Waals surface area (Å²) >= 11 is 0. The molecule has 0 aliphatic carbocycles. The molecule has 0 amide bonds. The van der Waals surface area contributed by atoms with Crippen LogP contribution in [0.3, 0.4) is 0 Å². The molecule has 0 unspecified atom stereocenters. The van der Waals surface area contributed by atoms with Gasteiger partial charge in [0, 0.05) is 24.3 Å². The fraction of sp³-hybridized carbons (Fsp3) is 0.667. The molecule has 0 saturated carbocycles. The van der Waals surface area contributed by atoms with Gasteiger partial charge in [-0.05, 0) is 71.7 Å². The molecule has 0 aromatic heterocycles. The lowest BCUT2D eigenvalue weighted by molar-refractivity contribution is 0.417. The molecule has 0 atom stereocenters. The molecule has 0 spiro atoms. The highest BCUT2D eigenvalue weighted by Gasteiger charge is 2.07. The predicted molar refractivity (Wildman–Crippen MR) is 90.7 cm³/mol. The Morgan fingerprint density at radius 2 is 1.85 bits per heavy atom. The van der Waals surface area contributed by atoms with Crippen LogP contribution >= 0.6 is 0 Å². The van der Waals surface area contributed by atoms with Crippen LogP contribution in [0.2, 0.25) is 0 Å². The standard InChI is InChI=1S/C18H32N2/c1-6-20(17-12-10-11-16(2)15-17)14-9-7-8-13-19-18(3,4)5/h10-12,15,19H,6-9,13-14H2,1-5H3. The van der Waals surface area contributed by atoms with Gasteiger partial charge in [-0.15, -0.1) is 0 Å². The van der Waals surface area contributed by atoms with Gasteiger partial charge in [0.2, 0.25) is 0 Å². The van der Waals surface area contributed by atoms with E-state index in [4.69, 9.17) is 0 Å². The van der Waals surface area contributed by atoms with Gasteiger partial charge in [-0.2, -0.15) is 0 Å². The molecule has 0 heterocycles. The van der Waals surface area contributed by atoms with Crippen molar-refractivity contribution in [1.29, 1.82) is 0 Å². The van der Waals surface area contributed by atoms with Gasteiger partial charge in [0.1, 0.15) is 0 Å². The number of rotatable bonds is 8. The van der Waals surface area contributed by atoms with E-state index in [9.17, 15) is 0 Å². The Morgan fingerprint density at radius 3 is 2.45 bits per heavy atom. The largest absolute Gasteiger partial charge is 0.372 e. The lowest BCUT2D eigenvalue weighted by atomic mass is 10.1. The van der Waals surface area contributed by atoms with Gasteiger partial charge in [-0.25, -0.2) is 0 Å². The number of hydrogen-bond acceptors (Lipinski definition) is 2. The Morgan fingerprint density at radius 1 is 1.10 bits per heavy atom. The van der Waals surface area contributed by atoms with E-state index in [0.717, 1.165) is 19.6 Å². The van der Waals surface area contributed by atoms with E-state index in [2.05, 4.69) is 69.1 Å². The monoisotopic (exact) mass is 276 g/mol. The summed E-state index contributed by atoms with van der Waals surface area (Å²) < 4.78 is 0. The molecule has 1 rings (SSSR count). The van der Waals surface area contributed by atoms with Crippen LogP contribution in [0.15, 0.2) is 24.3 Å². The average molecular weight is 276 g/mol. The summed E-state index contributed by atoms with van der Waals surface area (Å²) in [7, 11) is 0. The zero-order valence-corrected chi connectivity index (χ0v) is 14.0. The van der Waals surface area contributed by atoms with Crippen LogP contribution in [0.4, 0.5) is 5.69 Å². The van der Waals surface area contributed by atoms with E-state index in [1.165, 1.54) is 30.5 Å². The van der Waals surface area contributed by atoms with Gasteiger partial charge in [0.15, 0.2) is 0 Å². The second-order valence-electron chi connectivity index (χ2n) is 6.66. The van der Waals surface area contributed by atoms with E-state index in [1.807, 2.05) is 0 Å². The molecule has 20 heavy (non-hydrogen) atoms. The van der Waals surface area contributed by atoms with Crippen LogP contribution in [-0.2, 0) is 0 Å². The molecular weight excluding hydrogens is 244 g/mol. The Hall–Kier alpha value is -1.02. The minimum Gasteiger partial charge on any atom is -0.372 e. The lowest BCUT2D eigenvalue weighted by Crippen LogP contribution is -2.36. The number of hydrogen-bond donors (Lipinski definition) is 1. The predicted octanol–water partition coefficient (Wildman–Crippen LogP) is 4.38. The van der Waals surface area contributed by atoms with Crippen molar-refractivity contribution in [3.63, 3.8) is 0 Å². The second kappa shape index (κ2) is 8.31. The average Bonchev–Trinajstić information content (AvgIpc) is 2.36. The molecule has 0 saturated heterocycles. The van der Waals surface area contributed by atoms with E-state index in [0.29, 0.717) is 0 Å². The molecule has 2 nitrogen and oxygen atoms in total. The summed E-state index contributed by atoms with van der Waals surface area (Å²) in [4.78, 5) is 2.48. The number of unbranched alkanes of at least 4 members (excludes halogenated alkanes) is 2. The minimum absolute atomic E-state index is 0.247. The molecule has 2 heteroatoms. The molecule has 114 valence electrons. The van der Waals surface area contributed by atoms with Crippen LogP contribution in [0.1, 0.15) is 52.5 Å². The zero-order chi connectivity index (χ0) is 15.0. The van der Waals surface area contributed by atoms with Gasteiger partial charge in [-0.3, -0.25) is 0 Å². The van der Waals surface area contributed by atoms with Crippen molar-refractivity contribution in [2.45, 2.75) is 59.4 Å². The van der Waals surface area contributed by atoms with E-state index in [-0.39, 0.29) is 5.54 Å². The molecule has 0 radical (unpaired) electrons. The fourth-order valence-corrected chi connectivity index (χ4v) is 2.36. The molecule has 0 bridgehead atoms. The molecule has 0 fully saturated rings. The van der Waals surface area contributed by atoms with Gasteiger partial charge in [0.25, 0.3) is 0 Å². The third-order valence-electron chi connectivity index (χ3n) is 3.51. The Bertz CT molecular complexity index is 379. The smallest absolute Gasteiger partial charge is 0.0368 e. The number of nitrogens with one attached hydrogen (secondary N) is 1. The molecule has 1 aromatic rings. The van der Waals surface area contributed by atoms with Crippen LogP contribution in [-0.4, -0.2) is 25.2 Å². The maximum absolute atomic E-state index is 3.55. The van der Waals surface area contributed by atoms with Crippen molar-refractivity contribution >= 4 is 5.69 Å². The maximum Gasteiger partial charge on any atom is 0.0368 e. The van der Waals surface area contributed by atoms with E-state index < -0.39 is 0 Å². The first kappa shape index (κ1) is 17.0. The molecule has 1 N–H and O–H groups in total. The third kappa shape index (κ3) is 6.95. The maximum atomic E-state index is 3.55. The Balaban J connectivity index is 2.25. The first-order valence-corrected chi connectivity index (χ1v) is 7.99. The van der Waals surface area contributed by atoms with Crippen molar-refractivity contribution < 1.29 is 0 Å². The van der Waals surface area contributed by atoms with Crippen molar-refractivity contribution in [1.82, 2.24) is 5.32 Å². The normalized spacial score (nSPS) is 11.7. The van der Waals surface area contributed by atoms with Gasteiger partial charge in [-0.1, -0.05) is 18.6 Å². The SMILES string of the molecule is CCN(CCCCCNC(C)(C)C)c1cccc(C)c1. The van der Waals surface area contributed by atoms with Crippen LogP contribution < -0.4 is 10.2 Å². The summed E-state index contributed by atoms with van der Waals surface area (Å²) in [5, 5.41) is 3.55. The molecule has 0 aliphatic rings. The van der Waals surface area contributed by atoms with Gasteiger partial charge in [0.05, 0.1) is 0 Å². The molecular formula is C18H32N2. The minimum atomic E-state index is 0.247. The summed E-state index contributed by atoms with van der Waals surface area (Å²) in [5.41, 5.74) is 2.95. The highest BCUT2D eigenvalue weighted by atomic mass is 15.1. The number of aryl methyl sites for hydroxylation is 1. The summed E-state index contributed by atoms with van der Waals surface area (Å²) in [6, 6.07) is 8.82. The fourth-order valence-electron chi connectivity index (χ4n) is 2.36. The summed E-state index contributed by atoms with van der Waals surface area (Å²) in [6.45, 7) is 14.5. The quantitative estimate of drug-likeness (QED) is 0.709. The summed E-state index contributed by atoms with van der Waals surface area (Å²) in [5.74, 6) is 0. The summed E-state index contributed by atoms with van der Waals surface area (Å²) in [6.07, 6.45) is 3.83. The Kier molecular flexibility index (Phi) is 7.08. The topological polar surface area (TPSA) is 15.3 Å². The van der Waals surface area contributed by atoms with Gasteiger partial charge >= 0.3 is 0 Å². The molecule has 1 aromatic carbocycles. The lowest BCUT2D eigenvalue weighted by Gasteiger charge is -2.24. The zero-order valence-electron chi connectivity index (χ0n) is 14.0. The third-order valence-corrected chi connectivity index (χ3v) is 3.51. The van der Waals surface area contributed by atoms with E-state index >= 15 is 0 Å². The highest BCUT2D eigenvalue weighted by molar-refractivity contribution is 5.48. The first-order chi connectivity index (χ1) is 9.42. The number of nitrogens with zero attached hydrogens (tertiary/aromatic N) is 1. The van der Waals surface area contributed by atoms with Crippen LogP contribution in [0, 0.1) is 6.92 Å². The van der Waals surface area contributed by atoms with E-state index in [1.54, 1.807) is 0 Å². The van der Waals surface area contributed by atoms with Crippen LogP contribution in [0.25, 0.3) is 0 Å². The van der Waals surface area contributed by atoms with Crippen molar-refractivity contribution in [3.05, 3.63) is 29.8 Å². The van der Waals surface area contributed by atoms with Crippen LogP contribution in [0.5, 0.6) is 0 Å². The Labute approximate surface area is 125 Å².